The lowest BCUT2D eigenvalue weighted by Gasteiger charge is -2.18. The lowest BCUT2D eigenvalue weighted by Crippen LogP contribution is -2.22. The maximum atomic E-state index is 5.23. The van der Waals surface area contributed by atoms with Crippen molar-refractivity contribution < 1.29 is 4.74 Å². The molecule has 4 heteroatoms. The molecule has 2 rings (SSSR count). The predicted octanol–water partition coefficient (Wildman–Crippen LogP) is 2.49. The van der Waals surface area contributed by atoms with Gasteiger partial charge in [-0.25, -0.2) is 0 Å². The van der Waals surface area contributed by atoms with E-state index in [1.807, 2.05) is 31.5 Å². The van der Waals surface area contributed by atoms with E-state index in [0.29, 0.717) is 0 Å². The van der Waals surface area contributed by atoms with Gasteiger partial charge >= 0.3 is 0 Å². The van der Waals surface area contributed by atoms with Crippen LogP contribution in [0.5, 0.6) is 5.75 Å². The molecular weight excluding hydrogens is 238 g/mol. The van der Waals surface area contributed by atoms with Crippen LogP contribution in [0.25, 0.3) is 0 Å². The van der Waals surface area contributed by atoms with E-state index in [9.17, 15) is 0 Å². The highest BCUT2D eigenvalue weighted by atomic mass is 16.5. The first kappa shape index (κ1) is 13.5. The molecule has 1 unspecified atom stereocenters. The molecule has 0 radical (unpaired) electrons. The zero-order chi connectivity index (χ0) is 13.7. The molecule has 0 aliphatic rings. The normalized spacial score (nSPS) is 12.2. The van der Waals surface area contributed by atoms with Gasteiger partial charge in [0.2, 0.25) is 0 Å². The molecule has 2 heterocycles. The largest absolute Gasteiger partial charge is 0.495 e. The van der Waals surface area contributed by atoms with Crippen LogP contribution in [-0.4, -0.2) is 23.6 Å². The van der Waals surface area contributed by atoms with Crippen LogP contribution in [0.15, 0.2) is 36.8 Å². The maximum absolute atomic E-state index is 5.23. The summed E-state index contributed by atoms with van der Waals surface area (Å²) in [6.45, 7) is 4.94. The van der Waals surface area contributed by atoms with Crippen LogP contribution in [-0.2, 0) is 0 Å². The third-order valence-electron chi connectivity index (χ3n) is 2.98. The second-order valence-electron chi connectivity index (χ2n) is 4.38. The molecule has 0 spiro atoms. The van der Waals surface area contributed by atoms with Crippen LogP contribution >= 0.6 is 0 Å². The van der Waals surface area contributed by atoms with Crippen molar-refractivity contribution in [3.63, 3.8) is 0 Å². The Kier molecular flexibility index (Phi) is 4.47. The summed E-state index contributed by atoms with van der Waals surface area (Å²) in [5.41, 5.74) is 3.22. The summed E-state index contributed by atoms with van der Waals surface area (Å²) in [5.74, 6) is 0.764. The Morgan fingerprint density at radius 2 is 2.05 bits per heavy atom. The molecule has 0 amide bonds. The van der Waals surface area contributed by atoms with Crippen LogP contribution in [0.4, 0.5) is 0 Å². The molecule has 0 aliphatic heterocycles. The Morgan fingerprint density at radius 3 is 2.68 bits per heavy atom. The van der Waals surface area contributed by atoms with Gasteiger partial charge in [0.25, 0.3) is 0 Å². The smallest absolute Gasteiger partial charge is 0.137 e. The fourth-order valence-corrected chi connectivity index (χ4v) is 1.99. The van der Waals surface area contributed by atoms with Gasteiger partial charge in [-0.15, -0.1) is 0 Å². The number of aryl methyl sites for hydroxylation is 1. The molecule has 0 fully saturated rings. The van der Waals surface area contributed by atoms with E-state index in [1.54, 1.807) is 13.3 Å². The minimum atomic E-state index is 0.0840. The molecule has 0 bridgehead atoms. The second kappa shape index (κ2) is 6.29. The van der Waals surface area contributed by atoms with Gasteiger partial charge in [-0.05, 0) is 36.7 Å². The highest BCUT2D eigenvalue weighted by Crippen LogP contribution is 2.23. The number of nitrogens with one attached hydrogen (secondary N) is 1. The summed E-state index contributed by atoms with van der Waals surface area (Å²) in [5, 5.41) is 3.45. The average molecular weight is 257 g/mol. The molecule has 0 saturated carbocycles. The summed E-state index contributed by atoms with van der Waals surface area (Å²) in [4.78, 5) is 8.57. The molecule has 19 heavy (non-hydrogen) atoms. The molecule has 0 aromatic carbocycles. The number of pyridine rings is 2. The summed E-state index contributed by atoms with van der Waals surface area (Å²) < 4.78 is 5.23. The number of methoxy groups -OCH3 is 1. The topological polar surface area (TPSA) is 47.0 Å². The summed E-state index contributed by atoms with van der Waals surface area (Å²) in [7, 11) is 1.65. The van der Waals surface area contributed by atoms with Crippen molar-refractivity contribution in [1.29, 1.82) is 0 Å². The molecule has 1 atom stereocenters. The first-order chi connectivity index (χ1) is 9.24. The monoisotopic (exact) mass is 257 g/mol. The third-order valence-corrected chi connectivity index (χ3v) is 2.98. The molecule has 0 aliphatic carbocycles. The summed E-state index contributed by atoms with van der Waals surface area (Å²) in [6.07, 6.45) is 5.47. The number of nitrogens with zero attached hydrogens (tertiary/aromatic N) is 2. The van der Waals surface area contributed by atoms with Crippen molar-refractivity contribution in [2.75, 3.05) is 13.7 Å². The van der Waals surface area contributed by atoms with E-state index in [4.69, 9.17) is 4.74 Å². The van der Waals surface area contributed by atoms with Gasteiger partial charge in [0, 0.05) is 18.1 Å². The summed E-state index contributed by atoms with van der Waals surface area (Å²) in [6, 6.07) is 6.20. The Labute approximate surface area is 113 Å². The van der Waals surface area contributed by atoms with E-state index in [1.165, 1.54) is 0 Å². The first-order valence-electron chi connectivity index (χ1n) is 6.39. The van der Waals surface area contributed by atoms with E-state index < -0.39 is 0 Å². The second-order valence-corrected chi connectivity index (χ2v) is 4.38. The molecule has 2 aromatic rings. The van der Waals surface area contributed by atoms with Crippen molar-refractivity contribution in [2.24, 2.45) is 0 Å². The van der Waals surface area contributed by atoms with Gasteiger partial charge in [-0.1, -0.05) is 13.0 Å². The fraction of sp³-hybridized carbons (Fsp3) is 0.333. The van der Waals surface area contributed by atoms with Crippen LogP contribution < -0.4 is 10.1 Å². The van der Waals surface area contributed by atoms with Crippen molar-refractivity contribution in [1.82, 2.24) is 15.3 Å². The van der Waals surface area contributed by atoms with Crippen LogP contribution in [0, 0.1) is 6.92 Å². The highest BCUT2D eigenvalue weighted by Gasteiger charge is 2.14. The van der Waals surface area contributed by atoms with Gasteiger partial charge in [-0.2, -0.15) is 0 Å². The number of rotatable bonds is 5. The molecular formula is C15H19N3O. The van der Waals surface area contributed by atoms with Crippen molar-refractivity contribution in [3.8, 4) is 5.75 Å². The number of hydrogen-bond donors (Lipinski definition) is 1. The molecule has 4 nitrogen and oxygen atoms in total. The number of aromatic nitrogens is 2. The van der Waals surface area contributed by atoms with E-state index >= 15 is 0 Å². The van der Waals surface area contributed by atoms with E-state index in [0.717, 1.165) is 29.1 Å². The van der Waals surface area contributed by atoms with Crippen LogP contribution in [0.2, 0.25) is 0 Å². The number of ether oxygens (including phenoxy) is 1. The zero-order valence-corrected chi connectivity index (χ0v) is 11.6. The maximum Gasteiger partial charge on any atom is 0.137 e. The minimum Gasteiger partial charge on any atom is -0.495 e. The standard InChI is InChI=1S/C15H19N3O/c1-4-17-15(12-6-5-11(2)18-9-12)13-7-14(19-3)10-16-8-13/h5-10,15,17H,4H2,1-3H3. The quantitative estimate of drug-likeness (QED) is 0.894. The lowest BCUT2D eigenvalue weighted by molar-refractivity contribution is 0.411. The van der Waals surface area contributed by atoms with Gasteiger partial charge < -0.3 is 10.1 Å². The lowest BCUT2D eigenvalue weighted by atomic mass is 10.0. The first-order valence-corrected chi connectivity index (χ1v) is 6.39. The van der Waals surface area contributed by atoms with E-state index in [2.05, 4.69) is 28.3 Å². The Hall–Kier alpha value is -1.94. The average Bonchev–Trinajstić information content (AvgIpc) is 2.46. The molecule has 2 aromatic heterocycles. The Morgan fingerprint density at radius 1 is 1.21 bits per heavy atom. The predicted molar refractivity (Wildman–Crippen MR) is 75.3 cm³/mol. The zero-order valence-electron chi connectivity index (χ0n) is 11.6. The minimum absolute atomic E-state index is 0.0840. The van der Waals surface area contributed by atoms with Gasteiger partial charge in [0.1, 0.15) is 5.75 Å². The SMILES string of the molecule is CCNC(c1ccc(C)nc1)c1cncc(OC)c1. The number of hydrogen-bond acceptors (Lipinski definition) is 4. The molecule has 1 N–H and O–H groups in total. The highest BCUT2D eigenvalue weighted by molar-refractivity contribution is 5.33. The molecule has 100 valence electrons. The van der Waals surface area contributed by atoms with Crippen molar-refractivity contribution >= 4 is 0 Å². The Balaban J connectivity index is 2.35. The van der Waals surface area contributed by atoms with Crippen LogP contribution in [0.1, 0.15) is 29.8 Å². The third kappa shape index (κ3) is 3.29. The van der Waals surface area contributed by atoms with Gasteiger partial charge in [0.15, 0.2) is 0 Å². The summed E-state index contributed by atoms with van der Waals surface area (Å²) >= 11 is 0. The molecule has 0 saturated heterocycles. The fourth-order valence-electron chi connectivity index (χ4n) is 1.99. The van der Waals surface area contributed by atoms with Gasteiger partial charge in [-0.3, -0.25) is 9.97 Å². The van der Waals surface area contributed by atoms with E-state index in [-0.39, 0.29) is 6.04 Å². The van der Waals surface area contributed by atoms with Crippen molar-refractivity contribution in [2.45, 2.75) is 19.9 Å². The van der Waals surface area contributed by atoms with Crippen molar-refractivity contribution in [3.05, 3.63) is 53.6 Å². The van der Waals surface area contributed by atoms with Crippen LogP contribution in [0.3, 0.4) is 0 Å². The Bertz CT molecular complexity index is 525. The van der Waals surface area contributed by atoms with Gasteiger partial charge in [0.05, 0.1) is 19.3 Å².